The molecule has 0 saturated carbocycles. The minimum atomic E-state index is 0.193. The zero-order valence-electron chi connectivity index (χ0n) is 13.8. The summed E-state index contributed by atoms with van der Waals surface area (Å²) in [6.07, 6.45) is 3.91. The molecule has 0 atom stereocenters. The summed E-state index contributed by atoms with van der Waals surface area (Å²) in [5.74, 6) is 0.810. The van der Waals surface area contributed by atoms with E-state index in [2.05, 4.69) is 21.9 Å². The zero-order valence-corrected chi connectivity index (χ0v) is 14.6. The van der Waals surface area contributed by atoms with Crippen molar-refractivity contribution in [2.24, 2.45) is 5.10 Å². The maximum Gasteiger partial charge on any atom is 0.216 e. The van der Waals surface area contributed by atoms with E-state index in [1.807, 2.05) is 43.3 Å². The van der Waals surface area contributed by atoms with Crippen molar-refractivity contribution in [2.75, 3.05) is 0 Å². The normalized spacial score (nSPS) is 11.1. The van der Waals surface area contributed by atoms with E-state index in [1.165, 1.54) is 0 Å². The van der Waals surface area contributed by atoms with Crippen molar-refractivity contribution in [3.05, 3.63) is 76.6 Å². The minimum Gasteiger partial charge on any atom is -0.507 e. The van der Waals surface area contributed by atoms with E-state index in [4.69, 9.17) is 12.2 Å². The molecule has 3 rings (SSSR count). The first-order chi connectivity index (χ1) is 12.1. The summed E-state index contributed by atoms with van der Waals surface area (Å²) < 4.78 is 1.93. The number of benzene rings is 2. The molecule has 0 bridgehead atoms. The fraction of sp³-hybridized carbons (Fsp3) is 0.105. The SMILES string of the molecule is C=CCc1cccc(C=Nn2c(-c3cccc(C)c3)n[nH]c2=S)c1O. The van der Waals surface area contributed by atoms with Gasteiger partial charge < -0.3 is 5.11 Å². The van der Waals surface area contributed by atoms with Gasteiger partial charge in [-0.1, -0.05) is 42.0 Å². The number of rotatable bonds is 5. The van der Waals surface area contributed by atoms with Gasteiger partial charge in [0.15, 0.2) is 5.82 Å². The second-order valence-electron chi connectivity index (χ2n) is 5.63. The topological polar surface area (TPSA) is 66.2 Å². The molecule has 5 nitrogen and oxygen atoms in total. The molecule has 0 amide bonds. The number of aromatic amines is 1. The maximum absolute atomic E-state index is 10.3. The van der Waals surface area contributed by atoms with Gasteiger partial charge in [-0.05, 0) is 43.3 Å². The highest BCUT2D eigenvalue weighted by Crippen LogP contribution is 2.22. The van der Waals surface area contributed by atoms with Crippen molar-refractivity contribution in [2.45, 2.75) is 13.3 Å². The number of hydrogen-bond donors (Lipinski definition) is 2. The molecule has 0 aliphatic carbocycles. The molecule has 0 unspecified atom stereocenters. The van der Waals surface area contributed by atoms with Gasteiger partial charge in [-0.3, -0.25) is 0 Å². The van der Waals surface area contributed by atoms with Gasteiger partial charge in [0.1, 0.15) is 5.75 Å². The van der Waals surface area contributed by atoms with Crippen LogP contribution in [0.2, 0.25) is 0 Å². The molecule has 25 heavy (non-hydrogen) atoms. The number of phenols is 1. The largest absolute Gasteiger partial charge is 0.507 e. The molecule has 3 aromatic rings. The molecule has 1 heterocycles. The number of aromatic nitrogens is 3. The van der Waals surface area contributed by atoms with Crippen LogP contribution >= 0.6 is 12.2 Å². The smallest absolute Gasteiger partial charge is 0.216 e. The van der Waals surface area contributed by atoms with Crippen LogP contribution in [0.5, 0.6) is 5.75 Å². The van der Waals surface area contributed by atoms with Crippen molar-refractivity contribution < 1.29 is 5.11 Å². The molecular weight excluding hydrogens is 332 g/mol. The van der Waals surface area contributed by atoms with Crippen LogP contribution in [0.25, 0.3) is 11.4 Å². The van der Waals surface area contributed by atoms with Gasteiger partial charge in [0.05, 0.1) is 6.21 Å². The Morgan fingerprint density at radius 3 is 2.88 bits per heavy atom. The number of nitrogens with one attached hydrogen (secondary N) is 1. The Bertz CT molecular complexity index is 1000. The molecule has 0 spiro atoms. The summed E-state index contributed by atoms with van der Waals surface area (Å²) in [6, 6.07) is 13.5. The van der Waals surface area contributed by atoms with Crippen molar-refractivity contribution in [1.82, 2.24) is 14.9 Å². The Labute approximate surface area is 151 Å². The molecule has 0 saturated heterocycles. The average Bonchev–Trinajstić information content (AvgIpc) is 2.97. The highest BCUT2D eigenvalue weighted by Gasteiger charge is 2.09. The van der Waals surface area contributed by atoms with E-state index in [0.717, 1.165) is 16.7 Å². The van der Waals surface area contributed by atoms with Gasteiger partial charge >= 0.3 is 0 Å². The molecule has 0 aliphatic rings. The third kappa shape index (κ3) is 3.59. The van der Waals surface area contributed by atoms with E-state index >= 15 is 0 Å². The van der Waals surface area contributed by atoms with Crippen molar-refractivity contribution in [3.8, 4) is 17.1 Å². The van der Waals surface area contributed by atoms with Crippen LogP contribution in [0.3, 0.4) is 0 Å². The summed E-state index contributed by atoms with van der Waals surface area (Å²) in [6.45, 7) is 5.72. The van der Waals surface area contributed by atoms with E-state index in [9.17, 15) is 5.11 Å². The number of hydrogen-bond acceptors (Lipinski definition) is 4. The number of aryl methyl sites for hydroxylation is 1. The van der Waals surface area contributed by atoms with E-state index in [-0.39, 0.29) is 5.75 Å². The summed E-state index contributed by atoms with van der Waals surface area (Å²) in [5.41, 5.74) is 3.44. The van der Waals surface area contributed by atoms with Crippen LogP contribution in [-0.2, 0) is 6.42 Å². The van der Waals surface area contributed by atoms with E-state index in [1.54, 1.807) is 23.0 Å². The van der Waals surface area contributed by atoms with Crippen molar-refractivity contribution >= 4 is 18.4 Å². The Kier molecular flexibility index (Phi) is 4.90. The average molecular weight is 350 g/mol. The van der Waals surface area contributed by atoms with Crippen molar-refractivity contribution in [3.63, 3.8) is 0 Å². The lowest BCUT2D eigenvalue weighted by atomic mass is 10.1. The Morgan fingerprint density at radius 1 is 1.32 bits per heavy atom. The molecule has 0 fully saturated rings. The lowest BCUT2D eigenvalue weighted by Gasteiger charge is -2.05. The van der Waals surface area contributed by atoms with Crippen LogP contribution in [0.15, 0.2) is 60.2 Å². The first-order valence-electron chi connectivity index (χ1n) is 7.80. The lowest BCUT2D eigenvalue weighted by molar-refractivity contribution is 0.469. The fourth-order valence-electron chi connectivity index (χ4n) is 2.53. The third-order valence-corrected chi connectivity index (χ3v) is 4.02. The van der Waals surface area contributed by atoms with Crippen LogP contribution < -0.4 is 0 Å². The van der Waals surface area contributed by atoms with Crippen LogP contribution in [0.1, 0.15) is 16.7 Å². The quantitative estimate of drug-likeness (QED) is 0.411. The zero-order chi connectivity index (χ0) is 17.8. The fourth-order valence-corrected chi connectivity index (χ4v) is 2.70. The standard InChI is InChI=1S/C19H18N4OS/c1-3-6-14-8-5-10-16(17(14)24)12-20-23-18(21-22-19(23)25)15-9-4-7-13(2)11-15/h3-5,7-12,24H,1,6H2,2H3,(H,22,25). The molecule has 126 valence electrons. The summed E-state index contributed by atoms with van der Waals surface area (Å²) in [4.78, 5) is 0. The Morgan fingerprint density at radius 2 is 2.12 bits per heavy atom. The second-order valence-corrected chi connectivity index (χ2v) is 6.01. The summed E-state index contributed by atoms with van der Waals surface area (Å²) in [7, 11) is 0. The van der Waals surface area contributed by atoms with Gasteiger partial charge in [-0.25, -0.2) is 5.10 Å². The monoisotopic (exact) mass is 350 g/mol. The van der Waals surface area contributed by atoms with E-state index < -0.39 is 0 Å². The number of H-pyrrole nitrogens is 1. The molecule has 2 aromatic carbocycles. The number of aromatic hydroxyl groups is 1. The highest BCUT2D eigenvalue weighted by molar-refractivity contribution is 7.71. The van der Waals surface area contributed by atoms with Gasteiger partial charge in [-0.2, -0.15) is 14.9 Å². The minimum absolute atomic E-state index is 0.193. The molecule has 6 heteroatoms. The van der Waals surface area contributed by atoms with Crippen LogP contribution in [0, 0.1) is 11.7 Å². The first-order valence-corrected chi connectivity index (χ1v) is 8.21. The Hall–Kier alpha value is -2.99. The lowest BCUT2D eigenvalue weighted by Crippen LogP contribution is -1.96. The van der Waals surface area contributed by atoms with Crippen LogP contribution in [0.4, 0.5) is 0 Å². The van der Waals surface area contributed by atoms with Crippen molar-refractivity contribution in [1.29, 1.82) is 0 Å². The molecule has 0 aliphatic heterocycles. The van der Waals surface area contributed by atoms with Gasteiger partial charge in [0.25, 0.3) is 0 Å². The number of allylic oxidation sites excluding steroid dienone is 1. The first kappa shape index (κ1) is 16.9. The van der Waals surface area contributed by atoms with E-state index in [0.29, 0.717) is 22.6 Å². The molecule has 2 N–H and O–H groups in total. The number of nitrogens with zero attached hydrogens (tertiary/aromatic N) is 3. The predicted molar refractivity (Wildman–Crippen MR) is 103 cm³/mol. The van der Waals surface area contributed by atoms with Gasteiger partial charge in [-0.15, -0.1) is 6.58 Å². The highest BCUT2D eigenvalue weighted by atomic mass is 32.1. The van der Waals surface area contributed by atoms with Crippen LogP contribution in [-0.4, -0.2) is 26.2 Å². The Balaban J connectivity index is 2.01. The number of phenolic OH excluding ortho intramolecular Hbond substituents is 1. The summed E-state index contributed by atoms with van der Waals surface area (Å²) in [5, 5.41) is 21.8. The summed E-state index contributed by atoms with van der Waals surface area (Å²) >= 11 is 5.28. The maximum atomic E-state index is 10.3. The predicted octanol–water partition coefficient (Wildman–Crippen LogP) is 4.23. The van der Waals surface area contributed by atoms with Gasteiger partial charge in [0, 0.05) is 11.1 Å². The molecular formula is C19H18N4OS. The molecule has 1 aromatic heterocycles. The molecule has 0 radical (unpaired) electrons. The second kappa shape index (κ2) is 7.27. The van der Waals surface area contributed by atoms with Gasteiger partial charge in [0.2, 0.25) is 4.77 Å². The third-order valence-electron chi connectivity index (χ3n) is 3.75. The number of para-hydroxylation sites is 1.